The molecule has 1 aromatic rings. The van der Waals surface area contributed by atoms with Gasteiger partial charge in [0.2, 0.25) is 0 Å². The quantitative estimate of drug-likeness (QED) is 0.279. The van der Waals surface area contributed by atoms with Crippen molar-refractivity contribution in [1.82, 2.24) is 10.6 Å². The molecule has 0 radical (unpaired) electrons. The molecule has 8 heteroatoms. The van der Waals surface area contributed by atoms with Crippen LogP contribution in [0.25, 0.3) is 0 Å². The Balaban J connectivity index is 1.77. The van der Waals surface area contributed by atoms with Crippen LogP contribution >= 0.6 is 0 Å². The smallest absolute Gasteiger partial charge is 0.191 e. The molecule has 1 heterocycles. The van der Waals surface area contributed by atoms with E-state index in [-0.39, 0.29) is 0 Å². The van der Waals surface area contributed by atoms with Gasteiger partial charge >= 0.3 is 0 Å². The first-order chi connectivity index (χ1) is 15.2. The normalized spacial score (nSPS) is 14.9. The first kappa shape index (κ1) is 25.1. The number of hydrogen-bond acceptors (Lipinski definition) is 6. The predicted molar refractivity (Wildman–Crippen MR) is 123 cm³/mol. The first-order valence-electron chi connectivity index (χ1n) is 11.2. The summed E-state index contributed by atoms with van der Waals surface area (Å²) in [6.07, 6.45) is 3.85. The molecule has 1 fully saturated rings. The fourth-order valence-electron chi connectivity index (χ4n) is 3.49. The summed E-state index contributed by atoms with van der Waals surface area (Å²) in [5.74, 6) is 3.66. The van der Waals surface area contributed by atoms with Crippen LogP contribution in [0.3, 0.4) is 0 Å². The molecule has 0 amide bonds. The van der Waals surface area contributed by atoms with E-state index < -0.39 is 0 Å². The monoisotopic (exact) mass is 437 g/mol. The van der Waals surface area contributed by atoms with Gasteiger partial charge in [-0.1, -0.05) is 0 Å². The van der Waals surface area contributed by atoms with E-state index in [2.05, 4.69) is 22.5 Å². The maximum atomic E-state index is 5.82. The van der Waals surface area contributed by atoms with Crippen molar-refractivity contribution < 1.29 is 23.7 Å². The van der Waals surface area contributed by atoms with E-state index in [4.69, 9.17) is 23.7 Å². The summed E-state index contributed by atoms with van der Waals surface area (Å²) in [4.78, 5) is 4.65. The number of ether oxygens (including phenoxy) is 5. The zero-order valence-electron chi connectivity index (χ0n) is 19.5. The zero-order chi connectivity index (χ0) is 22.3. The Labute approximate surface area is 186 Å². The molecule has 0 atom stereocenters. The summed E-state index contributed by atoms with van der Waals surface area (Å²) in [7, 11) is 4.94. The number of hydrogen-bond donors (Lipinski definition) is 2. The van der Waals surface area contributed by atoms with E-state index in [1.165, 1.54) is 0 Å². The standard InChI is InChI=1S/C23H39N3O5/c1-5-24-23(25-10-6-12-31-17-18-8-13-30-14-9-18)26-11-7-20-21(28-3)15-19(27-2)16-22(20)29-4/h15-16,18H,5-14,17H2,1-4H3,(H2,24,25,26). The van der Waals surface area contributed by atoms with Crippen LogP contribution in [0.15, 0.2) is 17.1 Å². The molecule has 0 unspecified atom stereocenters. The molecule has 2 rings (SSSR count). The molecule has 0 aliphatic carbocycles. The maximum absolute atomic E-state index is 5.82. The largest absolute Gasteiger partial charge is 0.496 e. The van der Waals surface area contributed by atoms with Crippen molar-refractivity contribution in [1.29, 1.82) is 0 Å². The Morgan fingerprint density at radius 2 is 1.77 bits per heavy atom. The number of rotatable bonds is 13. The van der Waals surface area contributed by atoms with Crippen molar-refractivity contribution in [2.45, 2.75) is 32.6 Å². The third-order valence-corrected chi connectivity index (χ3v) is 5.24. The van der Waals surface area contributed by atoms with Crippen LogP contribution < -0.4 is 24.8 Å². The van der Waals surface area contributed by atoms with Crippen LogP contribution in [0.4, 0.5) is 0 Å². The predicted octanol–water partition coefficient (Wildman–Crippen LogP) is 2.64. The molecular weight excluding hydrogens is 398 g/mol. The average Bonchev–Trinajstić information content (AvgIpc) is 2.81. The van der Waals surface area contributed by atoms with Crippen molar-refractivity contribution in [2.75, 3.05) is 67.4 Å². The molecular formula is C23H39N3O5. The van der Waals surface area contributed by atoms with Gasteiger partial charge in [0.1, 0.15) is 17.2 Å². The minimum Gasteiger partial charge on any atom is -0.496 e. The number of aliphatic imine (C=N–C) groups is 1. The Morgan fingerprint density at radius 3 is 2.39 bits per heavy atom. The van der Waals surface area contributed by atoms with Gasteiger partial charge in [-0.3, -0.25) is 4.99 Å². The molecule has 1 aliphatic heterocycles. The molecule has 1 aliphatic rings. The number of methoxy groups -OCH3 is 3. The van der Waals surface area contributed by atoms with Gasteiger partial charge < -0.3 is 34.3 Å². The Bertz CT molecular complexity index is 638. The second-order valence-corrected chi connectivity index (χ2v) is 7.43. The van der Waals surface area contributed by atoms with Crippen molar-refractivity contribution in [3.8, 4) is 17.2 Å². The lowest BCUT2D eigenvalue weighted by atomic mass is 10.0. The van der Waals surface area contributed by atoms with Crippen molar-refractivity contribution in [3.63, 3.8) is 0 Å². The lowest BCUT2D eigenvalue weighted by molar-refractivity contribution is 0.0205. The molecule has 0 bridgehead atoms. The summed E-state index contributed by atoms with van der Waals surface area (Å²) in [5, 5.41) is 6.67. The van der Waals surface area contributed by atoms with E-state index >= 15 is 0 Å². The van der Waals surface area contributed by atoms with Crippen LogP contribution in [-0.2, 0) is 15.9 Å². The van der Waals surface area contributed by atoms with Gasteiger partial charge in [0.15, 0.2) is 5.96 Å². The molecule has 176 valence electrons. The third-order valence-electron chi connectivity index (χ3n) is 5.24. The van der Waals surface area contributed by atoms with Crippen LogP contribution in [0.2, 0.25) is 0 Å². The Kier molecular flexibility index (Phi) is 11.9. The van der Waals surface area contributed by atoms with Gasteiger partial charge in [-0.05, 0) is 38.5 Å². The summed E-state index contributed by atoms with van der Waals surface area (Å²) >= 11 is 0. The van der Waals surface area contributed by atoms with E-state index in [1.54, 1.807) is 21.3 Å². The zero-order valence-corrected chi connectivity index (χ0v) is 19.5. The molecule has 1 saturated heterocycles. The van der Waals surface area contributed by atoms with E-state index in [0.29, 0.717) is 18.2 Å². The number of nitrogens with one attached hydrogen (secondary N) is 2. The maximum Gasteiger partial charge on any atom is 0.191 e. The second-order valence-electron chi connectivity index (χ2n) is 7.43. The van der Waals surface area contributed by atoms with Gasteiger partial charge in [0, 0.05) is 63.8 Å². The highest BCUT2D eigenvalue weighted by molar-refractivity contribution is 5.79. The van der Waals surface area contributed by atoms with Crippen LogP contribution in [0.5, 0.6) is 17.2 Å². The van der Waals surface area contributed by atoms with Gasteiger partial charge in [0.05, 0.1) is 21.3 Å². The lowest BCUT2D eigenvalue weighted by Crippen LogP contribution is -2.38. The molecule has 2 N–H and O–H groups in total. The van der Waals surface area contributed by atoms with Crippen LogP contribution in [-0.4, -0.2) is 73.4 Å². The minimum atomic E-state index is 0.642. The summed E-state index contributed by atoms with van der Waals surface area (Å²) < 4.78 is 27.6. The molecule has 0 saturated carbocycles. The molecule has 8 nitrogen and oxygen atoms in total. The molecule has 1 aromatic carbocycles. The average molecular weight is 438 g/mol. The number of nitrogens with zero attached hydrogens (tertiary/aromatic N) is 1. The fourth-order valence-corrected chi connectivity index (χ4v) is 3.49. The topological polar surface area (TPSA) is 82.6 Å². The molecule has 0 aromatic heterocycles. The second kappa shape index (κ2) is 14.8. The number of guanidine groups is 1. The van der Waals surface area contributed by atoms with Crippen LogP contribution in [0.1, 0.15) is 31.7 Å². The van der Waals surface area contributed by atoms with Gasteiger partial charge in [-0.2, -0.15) is 0 Å². The first-order valence-corrected chi connectivity index (χ1v) is 11.2. The Morgan fingerprint density at radius 1 is 1.06 bits per heavy atom. The highest BCUT2D eigenvalue weighted by atomic mass is 16.5. The van der Waals surface area contributed by atoms with Gasteiger partial charge in [-0.25, -0.2) is 0 Å². The van der Waals surface area contributed by atoms with E-state index in [0.717, 1.165) is 88.2 Å². The van der Waals surface area contributed by atoms with Crippen LogP contribution in [0, 0.1) is 5.92 Å². The van der Waals surface area contributed by atoms with Crippen molar-refractivity contribution in [2.24, 2.45) is 10.9 Å². The summed E-state index contributed by atoms with van der Waals surface area (Å²) in [6, 6.07) is 3.75. The third kappa shape index (κ3) is 8.83. The van der Waals surface area contributed by atoms with Crippen molar-refractivity contribution >= 4 is 5.96 Å². The summed E-state index contributed by atoms with van der Waals surface area (Å²) in [5.41, 5.74) is 0.996. The Hall–Kier alpha value is -2.19. The SMILES string of the molecule is CCNC(=NCCCOCC1CCOCC1)NCCc1c(OC)cc(OC)cc1OC. The van der Waals surface area contributed by atoms with Gasteiger partial charge in [-0.15, -0.1) is 0 Å². The van der Waals surface area contributed by atoms with E-state index in [9.17, 15) is 0 Å². The van der Waals surface area contributed by atoms with Crippen molar-refractivity contribution in [3.05, 3.63) is 17.7 Å². The molecule has 0 spiro atoms. The number of benzene rings is 1. The minimum absolute atomic E-state index is 0.642. The lowest BCUT2D eigenvalue weighted by Gasteiger charge is -2.21. The molecule has 31 heavy (non-hydrogen) atoms. The van der Waals surface area contributed by atoms with Gasteiger partial charge in [0.25, 0.3) is 0 Å². The van der Waals surface area contributed by atoms with E-state index in [1.807, 2.05) is 12.1 Å². The highest BCUT2D eigenvalue weighted by Crippen LogP contribution is 2.34. The summed E-state index contributed by atoms with van der Waals surface area (Å²) in [6.45, 7) is 7.58. The highest BCUT2D eigenvalue weighted by Gasteiger charge is 2.14. The fraction of sp³-hybridized carbons (Fsp3) is 0.696.